The van der Waals surface area contributed by atoms with Crippen LogP contribution in [0.2, 0.25) is 5.15 Å². The van der Waals surface area contributed by atoms with E-state index in [1.165, 1.54) is 11.6 Å². The molecule has 0 spiro atoms. The predicted molar refractivity (Wildman–Crippen MR) is 87.5 cm³/mol. The first kappa shape index (κ1) is 17.1. The molecule has 2 aromatic rings. The summed E-state index contributed by atoms with van der Waals surface area (Å²) in [5, 5.41) is 13.9. The molecule has 7 nitrogen and oxygen atoms in total. The summed E-state index contributed by atoms with van der Waals surface area (Å²) >= 11 is 6.16. The molecule has 0 aliphatic rings. The highest BCUT2D eigenvalue weighted by Crippen LogP contribution is 2.19. The molecule has 0 saturated carbocycles. The van der Waals surface area contributed by atoms with Crippen molar-refractivity contribution < 1.29 is 9.90 Å². The molecular weight excluding hydrogens is 320 g/mol. The fourth-order valence-corrected chi connectivity index (χ4v) is 2.70. The highest BCUT2D eigenvalue weighted by Gasteiger charge is 2.21. The monoisotopic (exact) mass is 338 g/mol. The van der Waals surface area contributed by atoms with Crippen molar-refractivity contribution in [2.75, 3.05) is 5.43 Å². The number of pyridine rings is 1. The van der Waals surface area contributed by atoms with E-state index in [-0.39, 0.29) is 11.1 Å². The van der Waals surface area contributed by atoms with Gasteiger partial charge in [0.25, 0.3) is 5.56 Å². The number of nitrogens with zero attached hydrogens (tertiary/aromatic N) is 3. The molecule has 0 amide bonds. The Hall–Kier alpha value is -2.28. The molecule has 0 aliphatic carbocycles. The summed E-state index contributed by atoms with van der Waals surface area (Å²) in [6.45, 7) is 5.36. The predicted octanol–water partition coefficient (Wildman–Crippen LogP) is 1.78. The van der Waals surface area contributed by atoms with E-state index < -0.39 is 11.9 Å². The molecule has 23 heavy (non-hydrogen) atoms. The van der Waals surface area contributed by atoms with Crippen molar-refractivity contribution >= 4 is 17.6 Å². The fraction of sp³-hybridized carbons (Fsp3) is 0.400. The second-order valence-electron chi connectivity index (χ2n) is 5.46. The van der Waals surface area contributed by atoms with E-state index in [9.17, 15) is 9.59 Å². The molecule has 2 heterocycles. The van der Waals surface area contributed by atoms with Crippen LogP contribution in [0.3, 0.4) is 0 Å². The highest BCUT2D eigenvalue weighted by atomic mass is 35.5. The summed E-state index contributed by atoms with van der Waals surface area (Å²) in [5.74, 6) is -1.91. The van der Waals surface area contributed by atoms with Gasteiger partial charge in [0.2, 0.25) is 0 Å². The van der Waals surface area contributed by atoms with Crippen molar-refractivity contribution in [3.8, 4) is 0 Å². The first-order valence-corrected chi connectivity index (χ1v) is 7.48. The summed E-state index contributed by atoms with van der Waals surface area (Å²) in [7, 11) is 1.74. The van der Waals surface area contributed by atoms with Gasteiger partial charge in [-0.2, -0.15) is 5.10 Å². The van der Waals surface area contributed by atoms with Crippen molar-refractivity contribution in [2.45, 2.75) is 33.2 Å². The summed E-state index contributed by atoms with van der Waals surface area (Å²) in [6.07, 6.45) is 1.58. The number of halogens is 1. The van der Waals surface area contributed by atoms with Gasteiger partial charge in [-0.15, -0.1) is 0 Å². The lowest BCUT2D eigenvalue weighted by molar-refractivity contribution is -0.138. The van der Waals surface area contributed by atoms with Crippen molar-refractivity contribution in [3.63, 3.8) is 0 Å². The third-order valence-electron chi connectivity index (χ3n) is 3.85. The van der Waals surface area contributed by atoms with Crippen molar-refractivity contribution in [1.82, 2.24) is 14.5 Å². The zero-order valence-electron chi connectivity index (χ0n) is 13.4. The first-order chi connectivity index (χ1) is 10.7. The van der Waals surface area contributed by atoms with Crippen LogP contribution in [0.15, 0.2) is 17.1 Å². The normalized spacial score (nSPS) is 12.2. The molecule has 8 heteroatoms. The second-order valence-corrected chi connectivity index (χ2v) is 5.82. The van der Waals surface area contributed by atoms with Gasteiger partial charge in [0.05, 0.1) is 18.2 Å². The molecule has 1 atom stereocenters. The lowest BCUT2D eigenvalue weighted by Gasteiger charge is -2.15. The molecule has 0 saturated heterocycles. The lowest BCUT2D eigenvalue weighted by Crippen LogP contribution is -2.33. The van der Waals surface area contributed by atoms with Crippen LogP contribution in [0, 0.1) is 13.8 Å². The number of hydrogen-bond donors (Lipinski definition) is 2. The lowest BCUT2D eigenvalue weighted by atomic mass is 9.99. The van der Waals surface area contributed by atoms with Crippen LogP contribution in [-0.4, -0.2) is 25.5 Å². The number of aliphatic carboxylic acids is 1. The van der Waals surface area contributed by atoms with E-state index in [1.54, 1.807) is 30.9 Å². The van der Waals surface area contributed by atoms with Crippen molar-refractivity contribution in [2.24, 2.45) is 7.05 Å². The molecule has 1 unspecified atom stereocenters. The van der Waals surface area contributed by atoms with Crippen molar-refractivity contribution in [1.29, 1.82) is 0 Å². The zero-order valence-corrected chi connectivity index (χ0v) is 14.2. The summed E-state index contributed by atoms with van der Waals surface area (Å²) in [4.78, 5) is 23.7. The number of nitrogens with one attached hydrogen (secondary N) is 1. The van der Waals surface area contributed by atoms with E-state index in [1.807, 2.05) is 6.92 Å². The van der Waals surface area contributed by atoms with Gasteiger partial charge in [-0.25, -0.2) is 4.68 Å². The van der Waals surface area contributed by atoms with Gasteiger partial charge >= 0.3 is 5.97 Å². The average molecular weight is 339 g/mol. The summed E-state index contributed by atoms with van der Waals surface area (Å²) < 4.78 is 2.84. The second kappa shape index (κ2) is 6.45. The van der Waals surface area contributed by atoms with E-state index in [2.05, 4.69) is 10.5 Å². The van der Waals surface area contributed by atoms with E-state index in [0.29, 0.717) is 17.3 Å². The van der Waals surface area contributed by atoms with Gasteiger partial charge in [0.1, 0.15) is 5.15 Å². The Morgan fingerprint density at radius 2 is 2.13 bits per heavy atom. The Morgan fingerprint density at radius 1 is 1.48 bits per heavy atom. The molecular formula is C15H19ClN4O3. The third-order valence-corrected chi connectivity index (χ3v) is 4.32. The number of carbonyl (C=O) groups is 1. The van der Waals surface area contributed by atoms with Crippen LogP contribution in [0.5, 0.6) is 0 Å². The van der Waals surface area contributed by atoms with E-state index in [0.717, 1.165) is 11.3 Å². The Balaban J connectivity index is 2.33. The minimum atomic E-state index is -1.03. The van der Waals surface area contributed by atoms with Gasteiger partial charge < -0.3 is 10.5 Å². The maximum absolute atomic E-state index is 12.5. The summed E-state index contributed by atoms with van der Waals surface area (Å²) in [6, 6.07) is 1.71. The molecule has 2 aromatic heterocycles. The summed E-state index contributed by atoms with van der Waals surface area (Å²) in [5.41, 5.74) is 5.05. The van der Waals surface area contributed by atoms with Gasteiger partial charge in [-0.3, -0.25) is 14.3 Å². The maximum Gasteiger partial charge on any atom is 0.310 e. The van der Waals surface area contributed by atoms with Crippen LogP contribution in [0.4, 0.5) is 0 Å². The van der Waals surface area contributed by atoms with Crippen molar-refractivity contribution in [3.05, 3.63) is 50.2 Å². The largest absolute Gasteiger partial charge is 0.481 e. The number of aromatic nitrogens is 3. The molecule has 2 rings (SSSR count). The standard InChI is InChI=1S/C15H19ClN4O3/c1-8-5-6-20(14(21)12(8)9(2)15(22)23)17-7-11-10(3)18-19(4)13(11)16/h5-6,9,17H,7H2,1-4H3,(H,22,23). The Bertz CT molecular complexity index is 810. The Labute approximate surface area is 138 Å². The van der Waals surface area contributed by atoms with Gasteiger partial charge in [-0.1, -0.05) is 11.6 Å². The van der Waals surface area contributed by atoms with Crippen LogP contribution >= 0.6 is 11.6 Å². The highest BCUT2D eigenvalue weighted by molar-refractivity contribution is 6.30. The number of rotatable bonds is 5. The third kappa shape index (κ3) is 3.24. The molecule has 0 bridgehead atoms. The quantitative estimate of drug-likeness (QED) is 0.867. The van der Waals surface area contributed by atoms with Crippen LogP contribution in [0.1, 0.15) is 35.2 Å². The Kier molecular flexibility index (Phi) is 4.79. The molecule has 0 radical (unpaired) electrons. The zero-order chi connectivity index (χ0) is 17.3. The Morgan fingerprint density at radius 3 is 2.65 bits per heavy atom. The van der Waals surface area contributed by atoms with Gasteiger partial charge in [0.15, 0.2) is 0 Å². The number of aryl methyl sites for hydroxylation is 3. The first-order valence-electron chi connectivity index (χ1n) is 7.10. The van der Waals surface area contributed by atoms with E-state index in [4.69, 9.17) is 16.7 Å². The van der Waals surface area contributed by atoms with Gasteiger partial charge in [-0.05, 0) is 32.4 Å². The average Bonchev–Trinajstić information content (AvgIpc) is 2.72. The maximum atomic E-state index is 12.5. The molecule has 0 fully saturated rings. The molecule has 0 aromatic carbocycles. The molecule has 0 aliphatic heterocycles. The van der Waals surface area contributed by atoms with Gasteiger partial charge in [0, 0.05) is 24.4 Å². The minimum Gasteiger partial charge on any atom is -0.481 e. The fourth-order valence-electron chi connectivity index (χ4n) is 2.46. The topological polar surface area (TPSA) is 89.2 Å². The minimum absolute atomic E-state index is 0.265. The molecule has 124 valence electrons. The van der Waals surface area contributed by atoms with Crippen LogP contribution < -0.4 is 11.0 Å². The smallest absolute Gasteiger partial charge is 0.310 e. The number of carboxylic acids is 1. The molecule has 2 N–H and O–H groups in total. The SMILES string of the molecule is Cc1ccn(NCc2c(C)nn(C)c2Cl)c(=O)c1C(C)C(=O)O. The number of carboxylic acid groups (broad SMARTS) is 1. The van der Waals surface area contributed by atoms with Crippen LogP contribution in [-0.2, 0) is 18.4 Å². The number of hydrogen-bond acceptors (Lipinski definition) is 4. The van der Waals surface area contributed by atoms with E-state index >= 15 is 0 Å². The van der Waals surface area contributed by atoms with Crippen LogP contribution in [0.25, 0.3) is 0 Å².